The van der Waals surface area contributed by atoms with Crippen molar-refractivity contribution in [3.63, 3.8) is 0 Å². The van der Waals surface area contributed by atoms with Crippen LogP contribution in [0.2, 0.25) is 0 Å². The number of hydrogen-bond acceptors (Lipinski definition) is 3. The molecule has 0 amide bonds. The standard InChI is InChI=1S/C7H4FNOS/c8-4-1-2-5(10)6-7(4)11-3-9-6/h1-3,10H. The molecule has 1 N–H and O–H groups in total. The molecule has 1 aromatic heterocycles. The summed E-state index contributed by atoms with van der Waals surface area (Å²) in [6.07, 6.45) is 0. The smallest absolute Gasteiger partial charge is 0.142 e. The first kappa shape index (κ1) is 6.54. The quantitative estimate of drug-likeness (QED) is 0.655. The molecular weight excluding hydrogens is 165 g/mol. The van der Waals surface area contributed by atoms with Crippen LogP contribution in [0.1, 0.15) is 0 Å². The molecule has 0 aliphatic carbocycles. The third kappa shape index (κ3) is 0.867. The van der Waals surface area contributed by atoms with E-state index in [1.165, 1.54) is 29.0 Å². The number of phenols is 1. The molecule has 2 nitrogen and oxygen atoms in total. The van der Waals surface area contributed by atoms with Gasteiger partial charge in [-0.1, -0.05) is 0 Å². The van der Waals surface area contributed by atoms with Crippen LogP contribution in [0.3, 0.4) is 0 Å². The van der Waals surface area contributed by atoms with Crippen LogP contribution in [0.25, 0.3) is 10.2 Å². The minimum Gasteiger partial charge on any atom is -0.506 e. The summed E-state index contributed by atoms with van der Waals surface area (Å²) in [5, 5.41) is 9.16. The summed E-state index contributed by atoms with van der Waals surface area (Å²) in [5.41, 5.74) is 1.85. The van der Waals surface area contributed by atoms with Crippen LogP contribution < -0.4 is 0 Å². The van der Waals surface area contributed by atoms with Crippen molar-refractivity contribution in [2.75, 3.05) is 0 Å². The summed E-state index contributed by atoms with van der Waals surface area (Å²) in [6.45, 7) is 0. The molecule has 1 heterocycles. The summed E-state index contributed by atoms with van der Waals surface area (Å²) in [6, 6.07) is 2.53. The molecule has 0 atom stereocenters. The van der Waals surface area contributed by atoms with E-state index in [0.29, 0.717) is 10.2 Å². The van der Waals surface area contributed by atoms with Crippen LogP contribution in [-0.2, 0) is 0 Å². The lowest BCUT2D eigenvalue weighted by Gasteiger charge is -1.92. The van der Waals surface area contributed by atoms with Crippen LogP contribution in [0.5, 0.6) is 5.75 Å². The number of fused-ring (bicyclic) bond motifs is 1. The maximum atomic E-state index is 12.9. The zero-order valence-electron chi connectivity index (χ0n) is 5.41. The fourth-order valence-electron chi connectivity index (χ4n) is 0.905. The summed E-state index contributed by atoms with van der Waals surface area (Å²) in [5.74, 6) is -0.303. The van der Waals surface area contributed by atoms with Gasteiger partial charge in [-0.05, 0) is 12.1 Å². The Hall–Kier alpha value is -1.16. The van der Waals surface area contributed by atoms with E-state index >= 15 is 0 Å². The van der Waals surface area contributed by atoms with Gasteiger partial charge in [0.05, 0.1) is 10.2 Å². The molecule has 2 aromatic rings. The first-order chi connectivity index (χ1) is 5.29. The second-order valence-corrected chi connectivity index (χ2v) is 2.95. The monoisotopic (exact) mass is 169 g/mol. The third-order valence-corrected chi connectivity index (χ3v) is 2.25. The predicted molar refractivity (Wildman–Crippen MR) is 41.2 cm³/mol. The fraction of sp³-hybridized carbons (Fsp3) is 0. The van der Waals surface area contributed by atoms with Crippen molar-refractivity contribution in [3.8, 4) is 5.75 Å². The molecule has 4 heteroatoms. The van der Waals surface area contributed by atoms with Gasteiger partial charge in [0.1, 0.15) is 17.1 Å². The number of hydrogen-bond donors (Lipinski definition) is 1. The lowest BCUT2D eigenvalue weighted by atomic mass is 10.3. The van der Waals surface area contributed by atoms with Crippen molar-refractivity contribution in [3.05, 3.63) is 23.5 Å². The number of aromatic hydroxyl groups is 1. The SMILES string of the molecule is Oc1ccc(F)c2scnc12. The van der Waals surface area contributed by atoms with Crippen LogP contribution in [0, 0.1) is 5.82 Å². The predicted octanol–water partition coefficient (Wildman–Crippen LogP) is 2.14. The van der Waals surface area contributed by atoms with Gasteiger partial charge in [-0.3, -0.25) is 0 Å². The Labute approximate surface area is 65.9 Å². The molecule has 0 aliphatic rings. The molecule has 2 rings (SSSR count). The normalized spacial score (nSPS) is 10.6. The van der Waals surface area contributed by atoms with Gasteiger partial charge in [-0.2, -0.15) is 0 Å². The Kier molecular flexibility index (Phi) is 1.29. The minimum atomic E-state index is -0.333. The first-order valence-electron chi connectivity index (χ1n) is 2.99. The van der Waals surface area contributed by atoms with Gasteiger partial charge >= 0.3 is 0 Å². The van der Waals surface area contributed by atoms with E-state index in [4.69, 9.17) is 5.11 Å². The highest BCUT2D eigenvalue weighted by Crippen LogP contribution is 2.28. The number of aromatic nitrogens is 1. The molecule has 0 unspecified atom stereocenters. The summed E-state index contributed by atoms with van der Waals surface area (Å²) < 4.78 is 13.3. The van der Waals surface area contributed by atoms with Crippen molar-refractivity contribution in [2.45, 2.75) is 0 Å². The maximum Gasteiger partial charge on any atom is 0.142 e. The number of rotatable bonds is 0. The molecule has 0 saturated heterocycles. The van der Waals surface area contributed by atoms with Gasteiger partial charge < -0.3 is 5.11 Å². The number of thiazole rings is 1. The number of phenolic OH excluding ortho intramolecular Hbond substituents is 1. The Morgan fingerprint density at radius 1 is 1.45 bits per heavy atom. The van der Waals surface area contributed by atoms with Gasteiger partial charge in [-0.25, -0.2) is 9.37 Å². The largest absolute Gasteiger partial charge is 0.506 e. The average molecular weight is 169 g/mol. The van der Waals surface area contributed by atoms with Gasteiger partial charge in [0.2, 0.25) is 0 Å². The van der Waals surface area contributed by atoms with Crippen LogP contribution in [-0.4, -0.2) is 10.1 Å². The maximum absolute atomic E-state index is 12.9. The Balaban J connectivity index is 2.96. The van der Waals surface area contributed by atoms with Crippen molar-refractivity contribution in [1.82, 2.24) is 4.98 Å². The summed E-state index contributed by atoms with van der Waals surface area (Å²) >= 11 is 1.18. The molecule has 0 radical (unpaired) electrons. The second-order valence-electron chi connectivity index (χ2n) is 2.10. The van der Waals surface area contributed by atoms with Crippen molar-refractivity contribution >= 4 is 21.6 Å². The van der Waals surface area contributed by atoms with Crippen LogP contribution in [0.4, 0.5) is 4.39 Å². The summed E-state index contributed by atoms with van der Waals surface area (Å²) in [4.78, 5) is 3.81. The van der Waals surface area contributed by atoms with Crippen molar-refractivity contribution in [1.29, 1.82) is 0 Å². The minimum absolute atomic E-state index is 0.0302. The fourth-order valence-corrected chi connectivity index (χ4v) is 1.62. The van der Waals surface area contributed by atoms with Gasteiger partial charge in [0, 0.05) is 0 Å². The molecule has 56 valence electrons. The van der Waals surface area contributed by atoms with Gasteiger partial charge in [0.15, 0.2) is 0 Å². The number of halogens is 1. The van der Waals surface area contributed by atoms with Gasteiger partial charge in [-0.15, -0.1) is 11.3 Å². The molecule has 1 aromatic carbocycles. The molecule has 11 heavy (non-hydrogen) atoms. The van der Waals surface area contributed by atoms with E-state index in [1.807, 2.05) is 0 Å². The summed E-state index contributed by atoms with van der Waals surface area (Å²) in [7, 11) is 0. The first-order valence-corrected chi connectivity index (χ1v) is 3.87. The van der Waals surface area contributed by atoms with Gasteiger partial charge in [0.25, 0.3) is 0 Å². The highest BCUT2D eigenvalue weighted by molar-refractivity contribution is 7.16. The zero-order valence-corrected chi connectivity index (χ0v) is 6.23. The zero-order chi connectivity index (χ0) is 7.84. The van der Waals surface area contributed by atoms with E-state index in [2.05, 4.69) is 4.98 Å². The highest BCUT2D eigenvalue weighted by atomic mass is 32.1. The van der Waals surface area contributed by atoms with E-state index in [0.717, 1.165) is 0 Å². The van der Waals surface area contributed by atoms with E-state index in [-0.39, 0.29) is 11.6 Å². The van der Waals surface area contributed by atoms with E-state index in [1.54, 1.807) is 0 Å². The lowest BCUT2D eigenvalue weighted by Crippen LogP contribution is -1.74. The topological polar surface area (TPSA) is 33.1 Å². The molecule has 0 saturated carbocycles. The third-order valence-electron chi connectivity index (χ3n) is 1.41. The molecule has 0 spiro atoms. The van der Waals surface area contributed by atoms with Crippen LogP contribution >= 0.6 is 11.3 Å². The molecule has 0 bridgehead atoms. The lowest BCUT2D eigenvalue weighted by molar-refractivity contribution is 0.479. The average Bonchev–Trinajstić information content (AvgIpc) is 2.45. The molecular formula is C7H4FNOS. The van der Waals surface area contributed by atoms with Crippen molar-refractivity contribution in [2.24, 2.45) is 0 Å². The Bertz CT molecular complexity index is 362. The Morgan fingerprint density at radius 3 is 3.00 bits per heavy atom. The van der Waals surface area contributed by atoms with E-state index < -0.39 is 0 Å². The van der Waals surface area contributed by atoms with Crippen LogP contribution in [0.15, 0.2) is 17.6 Å². The Morgan fingerprint density at radius 2 is 2.27 bits per heavy atom. The second kappa shape index (κ2) is 2.17. The van der Waals surface area contributed by atoms with Crippen molar-refractivity contribution < 1.29 is 9.50 Å². The van der Waals surface area contributed by atoms with E-state index in [9.17, 15) is 4.39 Å². The molecule has 0 aliphatic heterocycles. The molecule has 0 fully saturated rings. The number of benzene rings is 1. The highest BCUT2D eigenvalue weighted by Gasteiger charge is 2.06. The number of nitrogens with zero attached hydrogens (tertiary/aromatic N) is 1.